The lowest BCUT2D eigenvalue weighted by molar-refractivity contribution is -0.112. The summed E-state index contributed by atoms with van der Waals surface area (Å²) in [4.78, 5) is 12.9. The molecule has 0 aromatic rings. The average molecular weight is 233 g/mol. The zero-order valence-corrected chi connectivity index (χ0v) is 9.91. The first-order valence-corrected chi connectivity index (χ1v) is 6.69. The maximum absolute atomic E-state index is 10.8. The summed E-state index contributed by atoms with van der Waals surface area (Å²) in [5, 5.41) is 0. The molecule has 15 heavy (non-hydrogen) atoms. The Labute approximate surface area is 93.3 Å². The Bertz CT molecular complexity index is 229. The van der Waals surface area contributed by atoms with Crippen LogP contribution in [0.5, 0.6) is 0 Å². The predicted molar refractivity (Wildman–Crippen MR) is 60.1 cm³/mol. The van der Waals surface area contributed by atoms with Gasteiger partial charge in [0.05, 0.1) is 5.75 Å². The Kier molecular flexibility index (Phi) is 5.42. The van der Waals surface area contributed by atoms with Gasteiger partial charge in [0.15, 0.2) is 11.1 Å². The van der Waals surface area contributed by atoms with Crippen molar-refractivity contribution in [2.24, 2.45) is 5.92 Å². The molecular formula is C10H19NO3S. The molecule has 0 radical (unpaired) electrons. The minimum Gasteiger partial charge on any atom is -0.306 e. The summed E-state index contributed by atoms with van der Waals surface area (Å²) in [6.07, 6.45) is 4.35. The van der Waals surface area contributed by atoms with Crippen LogP contribution < -0.4 is 0 Å². The molecule has 3 unspecified atom stereocenters. The van der Waals surface area contributed by atoms with Gasteiger partial charge in [-0.1, -0.05) is 13.3 Å². The van der Waals surface area contributed by atoms with Gasteiger partial charge in [0.2, 0.25) is 0 Å². The zero-order chi connectivity index (χ0) is 11.3. The Hall–Kier alpha value is -0.260. The van der Waals surface area contributed by atoms with Crippen LogP contribution in [-0.2, 0) is 15.9 Å². The van der Waals surface area contributed by atoms with Crippen molar-refractivity contribution in [2.45, 2.75) is 32.2 Å². The smallest absolute Gasteiger partial charge is 0.154 e. The molecule has 1 aliphatic heterocycles. The van der Waals surface area contributed by atoms with Gasteiger partial charge in [-0.15, -0.1) is 0 Å². The summed E-state index contributed by atoms with van der Waals surface area (Å²) in [5.41, 5.74) is 0. The number of nitrogens with zero attached hydrogens (tertiary/aromatic N) is 1. The molecule has 0 aromatic heterocycles. The fourth-order valence-electron chi connectivity index (χ4n) is 2.08. The lowest BCUT2D eigenvalue weighted by Gasteiger charge is -2.35. The van der Waals surface area contributed by atoms with E-state index in [1.165, 1.54) is 6.42 Å². The van der Waals surface area contributed by atoms with Gasteiger partial charge in [-0.05, 0) is 25.9 Å². The lowest BCUT2D eigenvalue weighted by atomic mass is 10.0. The maximum atomic E-state index is 10.8. The average Bonchev–Trinajstić information content (AvgIpc) is 2.26. The van der Waals surface area contributed by atoms with Crippen molar-refractivity contribution in [3.63, 3.8) is 0 Å². The maximum Gasteiger partial charge on any atom is 0.154 e. The number of aldehydes is 1. The minimum atomic E-state index is -1.82. The standard InChI is InChI=1S/C10H19NO3S/c1-9(7-12)10(8-15(13)14)11-5-3-2-4-6-11/h7,9-10H,2-6,8H2,1H3,(H,13,14). The van der Waals surface area contributed by atoms with Gasteiger partial charge in [-0.25, -0.2) is 4.21 Å². The first-order chi connectivity index (χ1) is 7.15. The van der Waals surface area contributed by atoms with Gasteiger partial charge in [-0.3, -0.25) is 4.90 Å². The summed E-state index contributed by atoms with van der Waals surface area (Å²) in [5.74, 6) is 0.0131. The SMILES string of the molecule is CC(C=O)C(CS(=O)O)N1CCCCC1. The van der Waals surface area contributed by atoms with E-state index < -0.39 is 11.1 Å². The first-order valence-electron chi connectivity index (χ1n) is 5.42. The van der Waals surface area contributed by atoms with Crippen LogP contribution in [0.1, 0.15) is 26.2 Å². The van der Waals surface area contributed by atoms with Crippen LogP contribution in [0.15, 0.2) is 0 Å². The first kappa shape index (κ1) is 12.8. The Morgan fingerprint density at radius 2 is 2.00 bits per heavy atom. The summed E-state index contributed by atoms with van der Waals surface area (Å²) < 4.78 is 19.8. The van der Waals surface area contributed by atoms with Gasteiger partial charge < -0.3 is 9.35 Å². The van der Waals surface area contributed by atoms with Crippen LogP contribution in [0, 0.1) is 5.92 Å². The van der Waals surface area contributed by atoms with Crippen molar-refractivity contribution in [2.75, 3.05) is 18.8 Å². The second kappa shape index (κ2) is 6.35. The molecule has 1 fully saturated rings. The number of likely N-dealkylation sites (tertiary alicyclic amines) is 1. The number of rotatable bonds is 5. The second-order valence-corrected chi connectivity index (χ2v) is 5.12. The Balaban J connectivity index is 2.60. The van der Waals surface area contributed by atoms with E-state index in [0.717, 1.165) is 32.2 Å². The molecule has 88 valence electrons. The van der Waals surface area contributed by atoms with Crippen LogP contribution in [0.3, 0.4) is 0 Å². The van der Waals surface area contributed by atoms with Crippen molar-refractivity contribution in [3.8, 4) is 0 Å². The molecule has 1 N–H and O–H groups in total. The van der Waals surface area contributed by atoms with E-state index in [4.69, 9.17) is 4.55 Å². The molecular weight excluding hydrogens is 214 g/mol. The van der Waals surface area contributed by atoms with Gasteiger partial charge in [-0.2, -0.15) is 0 Å². The van der Waals surface area contributed by atoms with Gasteiger partial charge >= 0.3 is 0 Å². The van der Waals surface area contributed by atoms with E-state index >= 15 is 0 Å². The van der Waals surface area contributed by atoms with Gasteiger partial charge in [0.25, 0.3) is 0 Å². The molecule has 0 bridgehead atoms. The molecule has 4 nitrogen and oxygen atoms in total. The number of piperidine rings is 1. The molecule has 1 aliphatic rings. The van der Waals surface area contributed by atoms with Crippen LogP contribution in [-0.4, -0.2) is 44.8 Å². The van der Waals surface area contributed by atoms with Crippen molar-refractivity contribution in [1.29, 1.82) is 0 Å². The molecule has 0 amide bonds. The number of carbonyl (C=O) groups is 1. The highest BCUT2D eigenvalue weighted by atomic mass is 32.2. The number of hydrogen-bond donors (Lipinski definition) is 1. The Morgan fingerprint density at radius 1 is 1.40 bits per heavy atom. The molecule has 1 heterocycles. The third kappa shape index (κ3) is 4.01. The fraction of sp³-hybridized carbons (Fsp3) is 0.900. The molecule has 0 saturated carbocycles. The lowest BCUT2D eigenvalue weighted by Crippen LogP contribution is -2.46. The van der Waals surface area contributed by atoms with Crippen molar-refractivity contribution in [3.05, 3.63) is 0 Å². The largest absolute Gasteiger partial charge is 0.306 e. The summed E-state index contributed by atoms with van der Waals surface area (Å²) in [7, 11) is 0. The highest BCUT2D eigenvalue weighted by molar-refractivity contribution is 7.79. The minimum absolute atomic E-state index is 0.0753. The van der Waals surface area contributed by atoms with Crippen LogP contribution >= 0.6 is 0 Å². The zero-order valence-electron chi connectivity index (χ0n) is 9.09. The van der Waals surface area contributed by atoms with E-state index in [-0.39, 0.29) is 17.7 Å². The topological polar surface area (TPSA) is 57.6 Å². The normalized spacial score (nSPS) is 24.4. The Morgan fingerprint density at radius 3 is 2.47 bits per heavy atom. The van der Waals surface area contributed by atoms with Gasteiger partial charge in [0, 0.05) is 12.0 Å². The number of hydrogen-bond acceptors (Lipinski definition) is 3. The van der Waals surface area contributed by atoms with E-state index in [1.54, 1.807) is 0 Å². The number of carbonyl (C=O) groups excluding carboxylic acids is 1. The molecule has 0 aliphatic carbocycles. The summed E-state index contributed by atoms with van der Waals surface area (Å²) in [6, 6.07) is -0.0753. The van der Waals surface area contributed by atoms with Crippen molar-refractivity contribution < 1.29 is 13.6 Å². The van der Waals surface area contributed by atoms with E-state index in [0.29, 0.717) is 0 Å². The predicted octanol–water partition coefficient (Wildman–Crippen LogP) is 0.898. The molecule has 1 saturated heterocycles. The molecule has 3 atom stereocenters. The quantitative estimate of drug-likeness (QED) is 0.566. The molecule has 0 spiro atoms. The third-order valence-corrected chi connectivity index (χ3v) is 3.62. The molecule has 0 aromatic carbocycles. The second-order valence-electron chi connectivity index (χ2n) is 4.15. The van der Waals surface area contributed by atoms with E-state index in [2.05, 4.69) is 4.90 Å². The summed E-state index contributed by atoms with van der Waals surface area (Å²) in [6.45, 7) is 3.71. The van der Waals surface area contributed by atoms with Gasteiger partial charge in [0.1, 0.15) is 6.29 Å². The van der Waals surface area contributed by atoms with Crippen LogP contribution in [0.2, 0.25) is 0 Å². The van der Waals surface area contributed by atoms with Crippen molar-refractivity contribution >= 4 is 17.4 Å². The van der Waals surface area contributed by atoms with E-state index in [9.17, 15) is 9.00 Å². The fourth-order valence-corrected chi connectivity index (χ4v) is 2.88. The highest BCUT2D eigenvalue weighted by Gasteiger charge is 2.26. The molecule has 5 heteroatoms. The monoisotopic (exact) mass is 233 g/mol. The van der Waals surface area contributed by atoms with Crippen LogP contribution in [0.4, 0.5) is 0 Å². The molecule has 1 rings (SSSR count). The third-order valence-electron chi connectivity index (χ3n) is 2.99. The summed E-state index contributed by atoms with van der Waals surface area (Å²) >= 11 is -1.82. The van der Waals surface area contributed by atoms with Crippen molar-refractivity contribution in [1.82, 2.24) is 4.90 Å². The highest BCUT2D eigenvalue weighted by Crippen LogP contribution is 2.17. The van der Waals surface area contributed by atoms with E-state index in [1.807, 2.05) is 6.92 Å². The van der Waals surface area contributed by atoms with Crippen LogP contribution in [0.25, 0.3) is 0 Å².